The molecule has 0 aliphatic heterocycles. The minimum Gasteiger partial charge on any atom is -1.00 e. The molecule has 0 heterocycles. The molecule has 5 heteroatoms. The van der Waals surface area contributed by atoms with E-state index >= 15 is 0 Å². The molecule has 0 rings (SSSR count). The molecule has 0 aliphatic carbocycles. The van der Waals surface area contributed by atoms with Gasteiger partial charge in [0.15, 0.2) is 11.3 Å². The van der Waals surface area contributed by atoms with Gasteiger partial charge in [-0.15, -0.1) is 0 Å². The van der Waals surface area contributed by atoms with Crippen LogP contribution in [0, 0.1) is 0 Å². The van der Waals surface area contributed by atoms with Crippen LogP contribution in [0.4, 0.5) is 0 Å². The Morgan fingerprint density at radius 3 is 1.81 bits per heavy atom. The molecule has 1 unspecified atom stereocenters. The van der Waals surface area contributed by atoms with E-state index in [1.54, 1.807) is 0 Å². The van der Waals surface area contributed by atoms with Crippen LogP contribution >= 0.6 is 0 Å². The molecule has 0 aliphatic rings. The molecule has 0 saturated carbocycles. The van der Waals surface area contributed by atoms with Gasteiger partial charge in [0.2, 0.25) is 0 Å². The molecule has 4 nitrogen and oxygen atoms in total. The molecule has 0 saturated heterocycles. The van der Waals surface area contributed by atoms with Crippen molar-refractivity contribution in [2.45, 2.75) is 83.6 Å². The normalized spacial score (nSPS) is 13.3. The number of carboxylic acids is 1. The van der Waals surface area contributed by atoms with Gasteiger partial charge in [-0.3, -0.25) is 10.1 Å². The number of likely N-dealkylation sites (N-methyl/N-ethyl adjacent to an activating group) is 1. The Morgan fingerprint density at radius 2 is 1.43 bits per heavy atom. The number of hydrogen-bond donors (Lipinski definition) is 2. The van der Waals surface area contributed by atoms with E-state index in [0.717, 1.165) is 19.3 Å². The predicted octanol–water partition coefficient (Wildman–Crippen LogP) is 0.656. The maximum Gasteiger partial charge on any atom is 1.00 e. The molecular weight excluding hydrogens is 277 g/mol. The Balaban J connectivity index is -0.00000180. The maximum atomic E-state index is 11.9. The van der Waals surface area contributed by atoms with Crippen LogP contribution in [0.1, 0.15) is 79.5 Å². The van der Waals surface area contributed by atoms with Crippen LogP contribution in [0.3, 0.4) is 0 Å². The van der Waals surface area contributed by atoms with E-state index < -0.39 is 11.5 Å². The van der Waals surface area contributed by atoms with Gasteiger partial charge in [-0.25, -0.2) is 4.79 Å². The van der Waals surface area contributed by atoms with Gasteiger partial charge in [0.1, 0.15) is 0 Å². The summed E-state index contributed by atoms with van der Waals surface area (Å²) in [5.74, 6) is -1.32. The number of Topliss-reactive ketones (excluding diaryl/α,β-unsaturated/α-hetero) is 1. The molecule has 1 atom stereocenters. The number of nitrogens with one attached hydrogen (secondary N) is 1. The van der Waals surface area contributed by atoms with Crippen molar-refractivity contribution in [1.29, 1.82) is 0 Å². The largest absolute Gasteiger partial charge is 1.00 e. The van der Waals surface area contributed by atoms with Gasteiger partial charge in [-0.1, -0.05) is 58.3 Å². The Kier molecular flexibility index (Phi) is 15.3. The molecule has 0 amide bonds. The van der Waals surface area contributed by atoms with Crippen LogP contribution in [0.5, 0.6) is 0 Å². The predicted molar refractivity (Wildman–Crippen MR) is 83.1 cm³/mol. The average Bonchev–Trinajstić information content (AvgIpc) is 2.44. The van der Waals surface area contributed by atoms with Crippen LogP contribution in [0.15, 0.2) is 0 Å². The van der Waals surface area contributed by atoms with E-state index in [4.69, 9.17) is 5.11 Å². The van der Waals surface area contributed by atoms with E-state index in [2.05, 4.69) is 12.2 Å². The second kappa shape index (κ2) is 13.7. The first kappa shape index (κ1) is 23.4. The summed E-state index contributed by atoms with van der Waals surface area (Å²) in [7, 11) is 1.52. The first-order chi connectivity index (χ1) is 9.49. The van der Waals surface area contributed by atoms with Gasteiger partial charge in [0.05, 0.1) is 0 Å². The molecule has 2 N–H and O–H groups in total. The Hall–Kier alpha value is 0.100. The van der Waals surface area contributed by atoms with E-state index in [1.165, 1.54) is 52.5 Å². The van der Waals surface area contributed by atoms with Crippen LogP contribution in [-0.2, 0) is 9.59 Å². The fraction of sp³-hybridized carbons (Fsp3) is 0.875. The third-order valence-electron chi connectivity index (χ3n) is 3.99. The maximum absolute atomic E-state index is 11.9. The fourth-order valence-electron chi connectivity index (χ4n) is 2.21. The minimum absolute atomic E-state index is 0. The second-order valence-corrected chi connectivity index (χ2v) is 5.68. The Bertz CT molecular complexity index is 303. The third-order valence-corrected chi connectivity index (χ3v) is 3.99. The summed E-state index contributed by atoms with van der Waals surface area (Å²) in [5.41, 5.74) is -1.43. The van der Waals surface area contributed by atoms with Crippen molar-refractivity contribution in [2.75, 3.05) is 7.05 Å². The van der Waals surface area contributed by atoms with Gasteiger partial charge < -0.3 is 6.53 Å². The van der Waals surface area contributed by atoms with E-state index in [-0.39, 0.29) is 36.8 Å². The van der Waals surface area contributed by atoms with Gasteiger partial charge in [-0.2, -0.15) is 0 Å². The van der Waals surface area contributed by atoms with Crippen molar-refractivity contribution in [1.82, 2.24) is 5.32 Å². The summed E-state index contributed by atoms with van der Waals surface area (Å²) in [6, 6.07) is 0. The van der Waals surface area contributed by atoms with Crippen LogP contribution in [0.25, 0.3) is 0 Å². The molecule has 0 aromatic rings. The molecule has 120 valence electrons. The number of hydrogen-bond acceptors (Lipinski definition) is 3. The Morgan fingerprint density at radius 1 is 1.00 bits per heavy atom. The number of carbonyl (C=O) groups excluding carboxylic acids is 1. The van der Waals surface area contributed by atoms with Gasteiger partial charge in [-0.05, 0) is 20.4 Å². The average molecular weight is 309 g/mol. The van der Waals surface area contributed by atoms with Gasteiger partial charge in [0, 0.05) is 6.42 Å². The first-order valence-electron chi connectivity index (χ1n) is 7.94. The second-order valence-electron chi connectivity index (χ2n) is 5.68. The number of carbonyl (C=O) groups is 2. The van der Waals surface area contributed by atoms with Gasteiger partial charge in [0.25, 0.3) is 0 Å². The number of carboxylic acid groups (broad SMARTS) is 1. The summed E-state index contributed by atoms with van der Waals surface area (Å²) >= 11 is 0. The molecule has 0 bridgehead atoms. The summed E-state index contributed by atoms with van der Waals surface area (Å²) in [6.45, 7) is 3.65. The van der Waals surface area contributed by atoms with Crippen molar-refractivity contribution in [2.24, 2.45) is 0 Å². The molecule has 21 heavy (non-hydrogen) atoms. The van der Waals surface area contributed by atoms with Crippen LogP contribution in [-0.4, -0.2) is 29.4 Å². The number of ketones is 1. The number of rotatable bonds is 13. The van der Waals surface area contributed by atoms with E-state index in [9.17, 15) is 9.59 Å². The zero-order chi connectivity index (χ0) is 15.4. The third kappa shape index (κ3) is 9.67. The van der Waals surface area contributed by atoms with Crippen molar-refractivity contribution in [3.8, 4) is 0 Å². The standard InChI is InChI=1S/C16H31NO3.Na.H/c1-4-5-6-7-8-9-10-11-12-13-14(18)16(2,17-3)15(19)20;;/h17H,4-13H2,1-3H3,(H,19,20);;/q;+1;-1. The SMILES string of the molecule is CCCCCCCCCCCC(=O)C(C)(NC)C(=O)O.[H-].[Na+]. The summed E-state index contributed by atoms with van der Waals surface area (Å²) in [6.07, 6.45) is 11.0. The minimum atomic E-state index is -1.43. The molecule has 0 aromatic heterocycles. The van der Waals surface area contributed by atoms with E-state index in [1.807, 2.05) is 0 Å². The molecule has 0 aromatic carbocycles. The number of aliphatic carboxylic acids is 1. The van der Waals surface area contributed by atoms with E-state index in [0.29, 0.717) is 6.42 Å². The molecular formula is C16H32NNaO3. The molecule has 0 fully saturated rings. The van der Waals surface area contributed by atoms with Crippen LogP contribution in [0.2, 0.25) is 0 Å². The van der Waals surface area contributed by atoms with Crippen molar-refractivity contribution in [3.05, 3.63) is 0 Å². The summed E-state index contributed by atoms with van der Waals surface area (Å²) < 4.78 is 0. The smallest absolute Gasteiger partial charge is 1.00 e. The quantitative estimate of drug-likeness (QED) is 0.298. The molecule has 0 spiro atoms. The van der Waals surface area contributed by atoms with Crippen molar-refractivity contribution < 1.29 is 45.7 Å². The Labute approximate surface area is 153 Å². The zero-order valence-corrected chi connectivity index (χ0v) is 16.3. The fourth-order valence-corrected chi connectivity index (χ4v) is 2.21. The summed E-state index contributed by atoms with van der Waals surface area (Å²) in [5, 5.41) is 11.7. The van der Waals surface area contributed by atoms with Crippen molar-refractivity contribution in [3.63, 3.8) is 0 Å². The zero-order valence-electron chi connectivity index (χ0n) is 15.3. The van der Waals surface area contributed by atoms with Gasteiger partial charge >= 0.3 is 35.5 Å². The van der Waals surface area contributed by atoms with Crippen LogP contribution < -0.4 is 34.9 Å². The molecule has 0 radical (unpaired) electrons. The topological polar surface area (TPSA) is 66.4 Å². The van der Waals surface area contributed by atoms with Crippen molar-refractivity contribution >= 4 is 11.8 Å². The monoisotopic (exact) mass is 309 g/mol. The summed E-state index contributed by atoms with van der Waals surface area (Å²) in [4.78, 5) is 23.0. The number of unbranched alkanes of at least 4 members (excludes halogenated alkanes) is 8. The first-order valence-corrected chi connectivity index (χ1v) is 7.94.